The van der Waals surface area contributed by atoms with E-state index in [1.165, 1.54) is 45.2 Å². The van der Waals surface area contributed by atoms with Crippen LogP contribution in [0, 0.1) is 11.3 Å². The van der Waals surface area contributed by atoms with E-state index in [4.69, 9.17) is 4.74 Å². The fourth-order valence-corrected chi connectivity index (χ4v) is 3.70. The summed E-state index contributed by atoms with van der Waals surface area (Å²) < 4.78 is 5.26. The molecule has 1 aliphatic carbocycles. The van der Waals surface area contributed by atoms with Gasteiger partial charge in [-0.3, -0.25) is 0 Å². The number of methoxy groups -OCH3 is 1. The average molecular weight is 284 g/mol. The van der Waals surface area contributed by atoms with E-state index in [-0.39, 0.29) is 0 Å². The van der Waals surface area contributed by atoms with Crippen molar-refractivity contribution in [3.8, 4) is 0 Å². The van der Waals surface area contributed by atoms with E-state index in [0.717, 1.165) is 32.2 Å². The zero-order valence-electron chi connectivity index (χ0n) is 14.2. The zero-order valence-corrected chi connectivity index (χ0v) is 14.2. The Morgan fingerprint density at radius 2 is 2.15 bits per heavy atom. The van der Waals surface area contributed by atoms with Gasteiger partial charge < -0.3 is 15.0 Å². The van der Waals surface area contributed by atoms with E-state index in [2.05, 4.69) is 31.0 Å². The number of nitrogens with one attached hydrogen (secondary N) is 1. The van der Waals surface area contributed by atoms with E-state index in [1.54, 1.807) is 7.11 Å². The third-order valence-corrected chi connectivity index (χ3v) is 4.73. The molecule has 0 bridgehead atoms. The smallest absolute Gasteiger partial charge is 0.0589 e. The first kappa shape index (κ1) is 17.9. The van der Waals surface area contributed by atoms with Gasteiger partial charge in [-0.15, -0.1) is 0 Å². The highest BCUT2D eigenvalue weighted by Crippen LogP contribution is 2.39. The van der Waals surface area contributed by atoms with Crippen LogP contribution in [0.1, 0.15) is 52.9 Å². The van der Waals surface area contributed by atoms with Crippen LogP contribution in [0.25, 0.3) is 0 Å². The Bertz CT molecular complexity index is 247. The standard InChI is InChI=1S/C17H36N2O/c1-5-10-18-14-17(9-7-8-16(3)13-17)15-19(6-2)11-12-20-4/h16,18H,5-15H2,1-4H3. The van der Waals surface area contributed by atoms with Crippen LogP contribution in [0.5, 0.6) is 0 Å². The molecule has 0 aromatic carbocycles. The van der Waals surface area contributed by atoms with Gasteiger partial charge in [-0.25, -0.2) is 0 Å². The first-order valence-corrected chi connectivity index (χ1v) is 8.57. The first-order valence-electron chi connectivity index (χ1n) is 8.57. The van der Waals surface area contributed by atoms with Gasteiger partial charge in [0.2, 0.25) is 0 Å². The number of nitrogens with zero attached hydrogens (tertiary/aromatic N) is 1. The molecular formula is C17H36N2O. The second-order valence-electron chi connectivity index (χ2n) is 6.74. The van der Waals surface area contributed by atoms with Crippen molar-refractivity contribution in [2.24, 2.45) is 11.3 Å². The maximum absolute atomic E-state index is 5.26. The average Bonchev–Trinajstić information content (AvgIpc) is 2.44. The predicted molar refractivity (Wildman–Crippen MR) is 87.2 cm³/mol. The molecule has 20 heavy (non-hydrogen) atoms. The quantitative estimate of drug-likeness (QED) is 0.624. The Balaban J connectivity index is 2.60. The van der Waals surface area contributed by atoms with Crippen LogP contribution in [-0.4, -0.2) is 51.3 Å². The summed E-state index contributed by atoms with van der Waals surface area (Å²) in [6, 6.07) is 0. The molecule has 3 heteroatoms. The number of rotatable bonds is 10. The van der Waals surface area contributed by atoms with Crippen molar-refractivity contribution in [2.75, 3.05) is 46.4 Å². The van der Waals surface area contributed by atoms with Crippen LogP contribution in [0.4, 0.5) is 0 Å². The van der Waals surface area contributed by atoms with Crippen LogP contribution in [0.3, 0.4) is 0 Å². The number of hydrogen-bond donors (Lipinski definition) is 1. The third-order valence-electron chi connectivity index (χ3n) is 4.73. The van der Waals surface area contributed by atoms with Crippen LogP contribution in [-0.2, 0) is 4.74 Å². The monoisotopic (exact) mass is 284 g/mol. The Morgan fingerprint density at radius 3 is 2.75 bits per heavy atom. The van der Waals surface area contributed by atoms with Crippen molar-refractivity contribution in [2.45, 2.75) is 52.9 Å². The lowest BCUT2D eigenvalue weighted by molar-refractivity contribution is 0.0663. The van der Waals surface area contributed by atoms with Gasteiger partial charge in [0.15, 0.2) is 0 Å². The Kier molecular flexibility index (Phi) is 8.74. The largest absolute Gasteiger partial charge is 0.383 e. The van der Waals surface area contributed by atoms with E-state index in [9.17, 15) is 0 Å². The molecule has 0 radical (unpaired) electrons. The van der Waals surface area contributed by atoms with Gasteiger partial charge in [0.25, 0.3) is 0 Å². The van der Waals surface area contributed by atoms with E-state index in [0.29, 0.717) is 5.41 Å². The Labute approximate surface area is 126 Å². The number of likely N-dealkylation sites (N-methyl/N-ethyl adjacent to an activating group) is 1. The minimum absolute atomic E-state index is 0.483. The summed E-state index contributed by atoms with van der Waals surface area (Å²) in [5.41, 5.74) is 0.483. The molecule has 1 saturated carbocycles. The molecule has 120 valence electrons. The molecule has 1 aliphatic rings. The van der Waals surface area contributed by atoms with Gasteiger partial charge in [-0.05, 0) is 43.7 Å². The second-order valence-corrected chi connectivity index (χ2v) is 6.74. The molecule has 0 heterocycles. The SMILES string of the molecule is CCCNCC1(CN(CC)CCOC)CCCC(C)C1. The maximum Gasteiger partial charge on any atom is 0.0589 e. The highest BCUT2D eigenvalue weighted by molar-refractivity contribution is 4.89. The molecule has 3 nitrogen and oxygen atoms in total. The number of ether oxygens (including phenoxy) is 1. The van der Waals surface area contributed by atoms with Gasteiger partial charge in [-0.2, -0.15) is 0 Å². The summed E-state index contributed by atoms with van der Waals surface area (Å²) in [6.45, 7) is 13.6. The minimum Gasteiger partial charge on any atom is -0.383 e. The fourth-order valence-electron chi connectivity index (χ4n) is 3.70. The summed E-state index contributed by atoms with van der Waals surface area (Å²) in [4.78, 5) is 2.58. The molecule has 0 spiro atoms. The molecule has 0 aliphatic heterocycles. The van der Waals surface area contributed by atoms with Gasteiger partial charge in [0, 0.05) is 26.7 Å². The maximum atomic E-state index is 5.26. The van der Waals surface area contributed by atoms with E-state index < -0.39 is 0 Å². The molecule has 0 aromatic rings. The Hall–Kier alpha value is -0.120. The summed E-state index contributed by atoms with van der Waals surface area (Å²) in [6.07, 6.45) is 6.81. The van der Waals surface area contributed by atoms with Crippen LogP contribution in [0.15, 0.2) is 0 Å². The van der Waals surface area contributed by atoms with Crippen LogP contribution >= 0.6 is 0 Å². The first-order chi connectivity index (χ1) is 9.65. The second kappa shape index (κ2) is 9.75. The normalized spacial score (nSPS) is 27.1. The van der Waals surface area contributed by atoms with Crippen molar-refractivity contribution in [3.63, 3.8) is 0 Å². The van der Waals surface area contributed by atoms with Crippen LogP contribution in [0.2, 0.25) is 0 Å². The van der Waals surface area contributed by atoms with Gasteiger partial charge in [0.05, 0.1) is 6.61 Å². The van der Waals surface area contributed by atoms with Crippen molar-refractivity contribution < 1.29 is 4.74 Å². The lowest BCUT2D eigenvalue weighted by Gasteiger charge is -2.43. The van der Waals surface area contributed by atoms with Crippen molar-refractivity contribution in [1.82, 2.24) is 10.2 Å². The summed E-state index contributed by atoms with van der Waals surface area (Å²) in [5, 5.41) is 3.69. The van der Waals surface area contributed by atoms with E-state index >= 15 is 0 Å². The van der Waals surface area contributed by atoms with Gasteiger partial charge >= 0.3 is 0 Å². The molecule has 2 atom stereocenters. The summed E-state index contributed by atoms with van der Waals surface area (Å²) >= 11 is 0. The summed E-state index contributed by atoms with van der Waals surface area (Å²) in [5.74, 6) is 0.883. The highest BCUT2D eigenvalue weighted by Gasteiger charge is 2.35. The predicted octanol–water partition coefficient (Wildman–Crippen LogP) is 3.15. The van der Waals surface area contributed by atoms with Crippen molar-refractivity contribution in [1.29, 1.82) is 0 Å². The van der Waals surface area contributed by atoms with Gasteiger partial charge in [-0.1, -0.05) is 33.6 Å². The lowest BCUT2D eigenvalue weighted by Crippen LogP contribution is -2.47. The molecule has 1 N–H and O–H groups in total. The molecule has 1 fully saturated rings. The zero-order chi connectivity index (χ0) is 14.8. The third kappa shape index (κ3) is 6.11. The fraction of sp³-hybridized carbons (Fsp3) is 1.00. The van der Waals surface area contributed by atoms with E-state index in [1.807, 2.05) is 0 Å². The Morgan fingerprint density at radius 1 is 1.35 bits per heavy atom. The summed E-state index contributed by atoms with van der Waals surface area (Å²) in [7, 11) is 1.80. The van der Waals surface area contributed by atoms with Gasteiger partial charge in [0.1, 0.15) is 0 Å². The topological polar surface area (TPSA) is 24.5 Å². The molecule has 0 amide bonds. The van der Waals surface area contributed by atoms with Crippen molar-refractivity contribution >= 4 is 0 Å². The molecular weight excluding hydrogens is 248 g/mol. The van der Waals surface area contributed by atoms with Crippen molar-refractivity contribution in [3.05, 3.63) is 0 Å². The minimum atomic E-state index is 0.483. The van der Waals surface area contributed by atoms with Crippen LogP contribution < -0.4 is 5.32 Å². The molecule has 0 saturated heterocycles. The molecule has 2 unspecified atom stereocenters. The number of hydrogen-bond acceptors (Lipinski definition) is 3. The highest BCUT2D eigenvalue weighted by atomic mass is 16.5. The molecule has 1 rings (SSSR count). The lowest BCUT2D eigenvalue weighted by atomic mass is 9.69. The molecule has 0 aromatic heterocycles.